The number of nitrogens with two attached hydrogens (primary N) is 1. The number of carbonyl (C=O) groups excluding carboxylic acids is 2. The van der Waals surface area contributed by atoms with Crippen LogP contribution in [0.2, 0.25) is 0 Å². The third kappa shape index (κ3) is 5.95. The Bertz CT molecular complexity index is 267. The van der Waals surface area contributed by atoms with E-state index in [1.54, 1.807) is 0 Å². The monoisotopic (exact) mass is 258 g/mol. The molecule has 18 heavy (non-hydrogen) atoms. The van der Waals surface area contributed by atoms with Crippen molar-refractivity contribution in [3.8, 4) is 0 Å². The molecule has 0 bridgehead atoms. The number of amides is 2. The van der Waals surface area contributed by atoms with Crippen LogP contribution in [0.5, 0.6) is 0 Å². The summed E-state index contributed by atoms with van der Waals surface area (Å²) < 4.78 is 5.24. The molecule has 104 valence electrons. The Morgan fingerprint density at radius 2 is 1.72 bits per heavy atom. The first kappa shape index (κ1) is 14.9. The molecule has 1 aliphatic rings. The van der Waals surface area contributed by atoms with E-state index in [0.29, 0.717) is 19.6 Å². The van der Waals surface area contributed by atoms with Gasteiger partial charge in [-0.2, -0.15) is 0 Å². The molecule has 0 aromatic heterocycles. The summed E-state index contributed by atoms with van der Waals surface area (Å²) in [4.78, 5) is 24.8. The summed E-state index contributed by atoms with van der Waals surface area (Å²) in [7, 11) is 0. The van der Waals surface area contributed by atoms with Crippen LogP contribution in [0.4, 0.5) is 0 Å². The molecular formula is C11H22N4O3. The molecule has 0 aliphatic carbocycles. The molecule has 1 heterocycles. The molecule has 1 aliphatic heterocycles. The normalized spacial score (nSPS) is 16.3. The third-order valence-corrected chi connectivity index (χ3v) is 2.68. The minimum atomic E-state index is -0.619. The molecule has 0 aromatic carbocycles. The zero-order chi connectivity index (χ0) is 13.2. The molecular weight excluding hydrogens is 236 g/mol. The van der Waals surface area contributed by atoms with E-state index in [1.165, 1.54) is 0 Å². The van der Waals surface area contributed by atoms with Crippen LogP contribution in [0.3, 0.4) is 0 Å². The van der Waals surface area contributed by atoms with Crippen LogP contribution in [0.25, 0.3) is 0 Å². The quantitative estimate of drug-likeness (QED) is 0.374. The molecule has 0 aromatic rings. The lowest BCUT2D eigenvalue weighted by Gasteiger charge is -2.26. The van der Waals surface area contributed by atoms with Gasteiger partial charge >= 0.3 is 11.8 Å². The fourth-order valence-corrected chi connectivity index (χ4v) is 1.68. The molecule has 7 heteroatoms. The Labute approximate surface area is 107 Å². The highest BCUT2D eigenvalue weighted by molar-refractivity contribution is 6.35. The van der Waals surface area contributed by atoms with Crippen LogP contribution in [-0.2, 0) is 14.3 Å². The highest BCUT2D eigenvalue weighted by Crippen LogP contribution is 1.97. The molecule has 4 N–H and O–H groups in total. The van der Waals surface area contributed by atoms with Crippen molar-refractivity contribution in [3.63, 3.8) is 0 Å². The van der Waals surface area contributed by atoms with Gasteiger partial charge in [0, 0.05) is 32.7 Å². The predicted molar refractivity (Wildman–Crippen MR) is 66.9 cm³/mol. The first-order valence-corrected chi connectivity index (χ1v) is 6.30. The highest BCUT2D eigenvalue weighted by atomic mass is 16.5. The molecule has 0 spiro atoms. The third-order valence-electron chi connectivity index (χ3n) is 2.68. The van der Waals surface area contributed by atoms with Crippen LogP contribution in [-0.4, -0.2) is 69.2 Å². The lowest BCUT2D eigenvalue weighted by atomic mass is 10.3. The van der Waals surface area contributed by atoms with Crippen molar-refractivity contribution in [2.75, 3.05) is 52.5 Å². The van der Waals surface area contributed by atoms with Gasteiger partial charge in [-0.3, -0.25) is 14.5 Å². The number of nitrogens with zero attached hydrogens (tertiary/aromatic N) is 1. The van der Waals surface area contributed by atoms with E-state index in [0.717, 1.165) is 39.3 Å². The molecule has 0 radical (unpaired) electrons. The van der Waals surface area contributed by atoms with Crippen molar-refractivity contribution in [1.82, 2.24) is 15.5 Å². The van der Waals surface area contributed by atoms with Crippen LogP contribution < -0.4 is 16.4 Å². The number of hydrogen-bond donors (Lipinski definition) is 3. The lowest BCUT2D eigenvalue weighted by molar-refractivity contribution is -0.139. The van der Waals surface area contributed by atoms with E-state index >= 15 is 0 Å². The van der Waals surface area contributed by atoms with Gasteiger partial charge in [-0.1, -0.05) is 0 Å². The first-order valence-electron chi connectivity index (χ1n) is 6.30. The summed E-state index contributed by atoms with van der Waals surface area (Å²) in [6, 6.07) is 0. The number of hydrogen-bond acceptors (Lipinski definition) is 5. The first-order chi connectivity index (χ1) is 8.74. The second-order valence-electron chi connectivity index (χ2n) is 4.11. The largest absolute Gasteiger partial charge is 0.379 e. The number of nitrogens with one attached hydrogen (secondary N) is 2. The van der Waals surface area contributed by atoms with Crippen LogP contribution in [0, 0.1) is 0 Å². The molecule has 7 nitrogen and oxygen atoms in total. The lowest BCUT2D eigenvalue weighted by Crippen LogP contribution is -2.43. The van der Waals surface area contributed by atoms with E-state index in [9.17, 15) is 9.59 Å². The summed E-state index contributed by atoms with van der Waals surface area (Å²) in [5.74, 6) is -1.21. The Kier molecular flexibility index (Phi) is 7.31. The second kappa shape index (κ2) is 8.84. The summed E-state index contributed by atoms with van der Waals surface area (Å²) in [5.41, 5.74) is 5.22. The Morgan fingerprint density at radius 3 is 2.33 bits per heavy atom. The molecule has 0 unspecified atom stereocenters. The average molecular weight is 258 g/mol. The number of ether oxygens (including phenoxy) is 1. The standard InChI is InChI=1S/C11H22N4O3/c12-2-4-14-11(17)10(16)13-3-1-5-15-6-8-18-9-7-15/h1-9,12H2,(H,13,16)(H,14,17). The van der Waals surface area contributed by atoms with Gasteiger partial charge in [-0.25, -0.2) is 0 Å². The van der Waals surface area contributed by atoms with Crippen LogP contribution >= 0.6 is 0 Å². The molecule has 0 saturated carbocycles. The maximum absolute atomic E-state index is 11.3. The smallest absolute Gasteiger partial charge is 0.309 e. The average Bonchev–Trinajstić information content (AvgIpc) is 2.41. The van der Waals surface area contributed by atoms with Gasteiger partial charge in [0.15, 0.2) is 0 Å². The van der Waals surface area contributed by atoms with Crippen molar-refractivity contribution < 1.29 is 14.3 Å². The number of rotatable bonds is 6. The Morgan fingerprint density at radius 1 is 1.11 bits per heavy atom. The van der Waals surface area contributed by atoms with Gasteiger partial charge in [0.1, 0.15) is 0 Å². The topological polar surface area (TPSA) is 96.7 Å². The summed E-state index contributed by atoms with van der Waals surface area (Å²) in [5, 5.41) is 5.00. The van der Waals surface area contributed by atoms with Crippen molar-refractivity contribution in [3.05, 3.63) is 0 Å². The Hall–Kier alpha value is -1.18. The fraction of sp³-hybridized carbons (Fsp3) is 0.818. The van der Waals surface area contributed by atoms with E-state index < -0.39 is 11.8 Å². The van der Waals surface area contributed by atoms with E-state index in [2.05, 4.69) is 15.5 Å². The Balaban J connectivity index is 2.02. The minimum absolute atomic E-state index is 0.319. The van der Waals surface area contributed by atoms with Gasteiger partial charge in [-0.15, -0.1) is 0 Å². The summed E-state index contributed by atoms with van der Waals surface area (Å²) >= 11 is 0. The highest BCUT2D eigenvalue weighted by Gasteiger charge is 2.12. The minimum Gasteiger partial charge on any atom is -0.379 e. The van der Waals surface area contributed by atoms with Gasteiger partial charge in [0.25, 0.3) is 0 Å². The maximum atomic E-state index is 11.3. The SMILES string of the molecule is NCCNC(=O)C(=O)NCCCN1CCOCC1. The maximum Gasteiger partial charge on any atom is 0.309 e. The molecule has 1 rings (SSSR count). The van der Waals surface area contributed by atoms with Gasteiger partial charge in [-0.05, 0) is 13.0 Å². The van der Waals surface area contributed by atoms with E-state index in [-0.39, 0.29) is 0 Å². The van der Waals surface area contributed by atoms with Crippen LogP contribution in [0.15, 0.2) is 0 Å². The predicted octanol–water partition coefficient (Wildman–Crippen LogP) is -2.10. The van der Waals surface area contributed by atoms with Gasteiger partial charge in [0.2, 0.25) is 0 Å². The van der Waals surface area contributed by atoms with Crippen molar-refractivity contribution >= 4 is 11.8 Å². The molecule has 2 amide bonds. The van der Waals surface area contributed by atoms with Gasteiger partial charge in [0.05, 0.1) is 13.2 Å². The molecule has 0 atom stereocenters. The zero-order valence-corrected chi connectivity index (χ0v) is 10.6. The van der Waals surface area contributed by atoms with E-state index in [1.807, 2.05) is 0 Å². The molecule has 1 saturated heterocycles. The molecule has 1 fully saturated rings. The number of carbonyl (C=O) groups is 2. The van der Waals surface area contributed by atoms with Crippen molar-refractivity contribution in [2.24, 2.45) is 5.73 Å². The van der Waals surface area contributed by atoms with Crippen LogP contribution in [0.1, 0.15) is 6.42 Å². The summed E-state index contributed by atoms with van der Waals surface area (Å²) in [6.07, 6.45) is 0.829. The van der Waals surface area contributed by atoms with Gasteiger partial charge < -0.3 is 21.1 Å². The second-order valence-corrected chi connectivity index (χ2v) is 4.11. The fourth-order valence-electron chi connectivity index (χ4n) is 1.68. The van der Waals surface area contributed by atoms with E-state index in [4.69, 9.17) is 10.5 Å². The van der Waals surface area contributed by atoms with Crippen molar-refractivity contribution in [2.45, 2.75) is 6.42 Å². The zero-order valence-electron chi connectivity index (χ0n) is 10.6. The van der Waals surface area contributed by atoms with Crippen molar-refractivity contribution in [1.29, 1.82) is 0 Å². The summed E-state index contributed by atoms with van der Waals surface area (Å²) in [6.45, 7) is 5.48. The number of morpholine rings is 1.